The third kappa shape index (κ3) is 3.05. The number of rotatable bonds is 3. The first kappa shape index (κ1) is 13.4. The fourth-order valence-electron chi connectivity index (χ4n) is 1.76. The van der Waals surface area contributed by atoms with Gasteiger partial charge in [0.25, 0.3) is 5.91 Å². The molecular weight excluding hydrogens is 261 g/mol. The number of aryl methyl sites for hydroxylation is 1. The normalized spacial score (nSPS) is 11.8. The average Bonchev–Trinajstić information content (AvgIpc) is 2.66. The van der Waals surface area contributed by atoms with Crippen LogP contribution in [0.15, 0.2) is 30.5 Å². The van der Waals surface area contributed by atoms with E-state index in [2.05, 4.69) is 4.84 Å². The second kappa shape index (κ2) is 4.93. The van der Waals surface area contributed by atoms with E-state index in [1.807, 2.05) is 12.1 Å². The SMILES string of the molecule is Cn1cc(C(=O)NOCC(F)(F)F)c2ccccc21. The van der Waals surface area contributed by atoms with Gasteiger partial charge in [0.1, 0.15) is 0 Å². The molecule has 1 amide bonds. The predicted molar refractivity (Wildman–Crippen MR) is 62.4 cm³/mol. The summed E-state index contributed by atoms with van der Waals surface area (Å²) in [5.41, 5.74) is 2.86. The van der Waals surface area contributed by atoms with Gasteiger partial charge in [-0.25, -0.2) is 5.48 Å². The number of hydrogen-bond acceptors (Lipinski definition) is 2. The van der Waals surface area contributed by atoms with Crippen LogP contribution < -0.4 is 5.48 Å². The van der Waals surface area contributed by atoms with Crippen LogP contribution in [-0.4, -0.2) is 23.3 Å². The van der Waals surface area contributed by atoms with Crippen molar-refractivity contribution in [3.63, 3.8) is 0 Å². The van der Waals surface area contributed by atoms with Crippen molar-refractivity contribution in [1.82, 2.24) is 10.0 Å². The lowest BCUT2D eigenvalue weighted by molar-refractivity contribution is -0.184. The molecule has 0 atom stereocenters. The Hall–Kier alpha value is -2.02. The van der Waals surface area contributed by atoms with Gasteiger partial charge in [-0.2, -0.15) is 13.2 Å². The van der Waals surface area contributed by atoms with E-state index in [0.29, 0.717) is 5.39 Å². The molecule has 102 valence electrons. The van der Waals surface area contributed by atoms with E-state index in [0.717, 1.165) is 5.52 Å². The number of hydrogen-bond donors (Lipinski definition) is 1. The molecule has 1 aromatic heterocycles. The van der Waals surface area contributed by atoms with Crippen LogP contribution in [0.5, 0.6) is 0 Å². The number of halogens is 3. The first-order chi connectivity index (χ1) is 8.88. The Bertz CT molecular complexity index is 605. The maximum atomic E-state index is 11.9. The smallest absolute Gasteiger partial charge is 0.350 e. The minimum Gasteiger partial charge on any atom is -0.350 e. The zero-order chi connectivity index (χ0) is 14.0. The molecule has 7 heteroatoms. The molecule has 1 heterocycles. The standard InChI is InChI=1S/C12H11F3N2O2/c1-17-6-9(8-4-2-3-5-10(8)17)11(18)16-19-7-12(13,14)15/h2-6H,7H2,1H3,(H,16,18). The molecule has 0 fully saturated rings. The van der Waals surface area contributed by atoms with Gasteiger partial charge in [-0.1, -0.05) is 18.2 Å². The van der Waals surface area contributed by atoms with Gasteiger partial charge in [-0.15, -0.1) is 0 Å². The molecule has 2 aromatic rings. The molecule has 0 radical (unpaired) electrons. The van der Waals surface area contributed by atoms with E-state index >= 15 is 0 Å². The van der Waals surface area contributed by atoms with Crippen molar-refractivity contribution in [1.29, 1.82) is 0 Å². The highest BCUT2D eigenvalue weighted by Gasteiger charge is 2.28. The molecule has 1 N–H and O–H groups in total. The molecule has 2 rings (SSSR count). The van der Waals surface area contributed by atoms with Crippen LogP contribution in [0.1, 0.15) is 10.4 Å². The average molecular weight is 272 g/mol. The quantitative estimate of drug-likeness (QED) is 0.872. The largest absolute Gasteiger partial charge is 0.414 e. The van der Waals surface area contributed by atoms with Gasteiger partial charge >= 0.3 is 6.18 Å². The lowest BCUT2D eigenvalue weighted by Gasteiger charge is -2.07. The minimum absolute atomic E-state index is 0.264. The van der Waals surface area contributed by atoms with E-state index in [1.165, 1.54) is 6.20 Å². The van der Waals surface area contributed by atoms with Crippen LogP contribution in [0.4, 0.5) is 13.2 Å². The Kier molecular flexibility index (Phi) is 3.48. The number of para-hydroxylation sites is 1. The fraction of sp³-hybridized carbons (Fsp3) is 0.250. The first-order valence-corrected chi connectivity index (χ1v) is 5.41. The van der Waals surface area contributed by atoms with E-state index in [-0.39, 0.29) is 5.56 Å². The highest BCUT2D eigenvalue weighted by Crippen LogP contribution is 2.20. The van der Waals surface area contributed by atoms with Gasteiger partial charge in [0.15, 0.2) is 6.61 Å². The first-order valence-electron chi connectivity index (χ1n) is 5.41. The van der Waals surface area contributed by atoms with Crippen molar-refractivity contribution in [3.05, 3.63) is 36.0 Å². The molecule has 0 saturated carbocycles. The number of amides is 1. The highest BCUT2D eigenvalue weighted by atomic mass is 19.4. The van der Waals surface area contributed by atoms with Gasteiger partial charge in [0.05, 0.1) is 5.56 Å². The molecule has 0 unspecified atom stereocenters. The Balaban J connectivity index is 2.14. The predicted octanol–water partition coefficient (Wildman–Crippen LogP) is 2.40. The van der Waals surface area contributed by atoms with Gasteiger partial charge in [-0.05, 0) is 6.07 Å². The number of carbonyl (C=O) groups is 1. The minimum atomic E-state index is -4.48. The summed E-state index contributed by atoms with van der Waals surface area (Å²) in [5.74, 6) is -0.707. The summed E-state index contributed by atoms with van der Waals surface area (Å²) in [6.07, 6.45) is -2.94. The summed E-state index contributed by atoms with van der Waals surface area (Å²) < 4.78 is 37.4. The second-order valence-corrected chi connectivity index (χ2v) is 4.01. The Labute approximate surface area is 106 Å². The van der Waals surface area contributed by atoms with Gasteiger partial charge < -0.3 is 4.57 Å². The van der Waals surface area contributed by atoms with Crippen molar-refractivity contribution >= 4 is 16.8 Å². The zero-order valence-corrected chi connectivity index (χ0v) is 9.99. The van der Waals surface area contributed by atoms with Gasteiger partial charge in [0.2, 0.25) is 0 Å². The molecule has 0 spiro atoms. The number of nitrogens with one attached hydrogen (secondary N) is 1. The molecule has 0 saturated heterocycles. The molecule has 4 nitrogen and oxygen atoms in total. The second-order valence-electron chi connectivity index (χ2n) is 4.01. The molecule has 0 bridgehead atoms. The van der Waals surface area contributed by atoms with Gasteiger partial charge in [0, 0.05) is 24.1 Å². The number of benzene rings is 1. The molecular formula is C12H11F3N2O2. The van der Waals surface area contributed by atoms with Crippen LogP contribution in [0.25, 0.3) is 10.9 Å². The number of fused-ring (bicyclic) bond motifs is 1. The molecule has 1 aromatic carbocycles. The number of carbonyl (C=O) groups excluding carboxylic acids is 1. The maximum Gasteiger partial charge on any atom is 0.414 e. The van der Waals surface area contributed by atoms with E-state index in [9.17, 15) is 18.0 Å². The summed E-state index contributed by atoms with van der Waals surface area (Å²) >= 11 is 0. The van der Waals surface area contributed by atoms with Crippen LogP contribution in [0.3, 0.4) is 0 Å². The molecule has 0 aliphatic carbocycles. The zero-order valence-electron chi connectivity index (χ0n) is 9.99. The summed E-state index contributed by atoms with van der Waals surface area (Å²) in [4.78, 5) is 15.9. The highest BCUT2D eigenvalue weighted by molar-refractivity contribution is 6.06. The van der Waals surface area contributed by atoms with Crippen LogP contribution in [0.2, 0.25) is 0 Å². The summed E-state index contributed by atoms with van der Waals surface area (Å²) in [5, 5.41) is 0.651. The van der Waals surface area contributed by atoms with E-state index in [4.69, 9.17) is 0 Å². The Morgan fingerprint density at radius 2 is 2.05 bits per heavy atom. The van der Waals surface area contributed by atoms with Crippen LogP contribution >= 0.6 is 0 Å². The summed E-state index contributed by atoms with van der Waals surface area (Å²) in [7, 11) is 1.75. The fourth-order valence-corrected chi connectivity index (χ4v) is 1.76. The summed E-state index contributed by atoms with van der Waals surface area (Å²) in [6, 6.07) is 7.08. The van der Waals surface area contributed by atoms with E-state index < -0.39 is 18.7 Å². The Morgan fingerprint density at radius 3 is 2.74 bits per heavy atom. The van der Waals surface area contributed by atoms with Crippen molar-refractivity contribution in [2.45, 2.75) is 6.18 Å². The van der Waals surface area contributed by atoms with Crippen molar-refractivity contribution in [2.75, 3.05) is 6.61 Å². The van der Waals surface area contributed by atoms with Gasteiger partial charge in [-0.3, -0.25) is 9.63 Å². The molecule has 19 heavy (non-hydrogen) atoms. The molecule has 0 aliphatic rings. The van der Waals surface area contributed by atoms with Crippen molar-refractivity contribution in [3.8, 4) is 0 Å². The topological polar surface area (TPSA) is 43.3 Å². The van der Waals surface area contributed by atoms with Crippen molar-refractivity contribution in [2.24, 2.45) is 7.05 Å². The van der Waals surface area contributed by atoms with E-state index in [1.54, 1.807) is 29.2 Å². The van der Waals surface area contributed by atoms with Crippen molar-refractivity contribution < 1.29 is 22.8 Å². The van der Waals surface area contributed by atoms with Crippen LogP contribution in [-0.2, 0) is 11.9 Å². The van der Waals surface area contributed by atoms with Crippen LogP contribution in [0, 0.1) is 0 Å². The lowest BCUT2D eigenvalue weighted by atomic mass is 10.2. The number of nitrogens with zero attached hydrogens (tertiary/aromatic N) is 1. The number of aromatic nitrogens is 1. The maximum absolute atomic E-state index is 11.9. The summed E-state index contributed by atoms with van der Waals surface area (Å²) in [6.45, 7) is -1.52. The number of alkyl halides is 3. The third-order valence-electron chi connectivity index (χ3n) is 2.54. The third-order valence-corrected chi connectivity index (χ3v) is 2.54. The molecule has 0 aliphatic heterocycles. The lowest BCUT2D eigenvalue weighted by Crippen LogP contribution is -2.29. The number of hydroxylamine groups is 1. The monoisotopic (exact) mass is 272 g/mol. The Morgan fingerprint density at radius 1 is 1.37 bits per heavy atom.